The smallest absolute Gasteiger partial charge is 0.253 e. The van der Waals surface area contributed by atoms with Crippen LogP contribution in [0.2, 0.25) is 0 Å². The number of nitrogens with zero attached hydrogens (tertiary/aromatic N) is 2. The first-order chi connectivity index (χ1) is 13.7. The minimum atomic E-state index is 0.158. The normalized spacial score (nSPS) is 19.1. The van der Waals surface area contributed by atoms with Gasteiger partial charge >= 0.3 is 0 Å². The molecule has 1 aliphatic heterocycles. The van der Waals surface area contributed by atoms with Crippen LogP contribution in [0.15, 0.2) is 29.3 Å². The summed E-state index contributed by atoms with van der Waals surface area (Å²) < 4.78 is 0. The van der Waals surface area contributed by atoms with Crippen molar-refractivity contribution >= 4 is 11.9 Å². The Bertz CT molecular complexity index is 669. The summed E-state index contributed by atoms with van der Waals surface area (Å²) in [7, 11) is 0. The standard InChI is InChI=1S/C23H36N4O/c1-3-23(12-9-13-23)18-26-22(24-4-2)25-17-19-10-8-11-20(16-19)21(28)27-14-6-5-7-15-27/h8,10-11,16H,3-7,9,12-15,17-18H2,1-2H3,(H2,24,25,26). The van der Waals surface area contributed by atoms with Crippen LogP contribution in [0.25, 0.3) is 0 Å². The van der Waals surface area contributed by atoms with Gasteiger partial charge in [-0.05, 0) is 68.6 Å². The molecule has 0 radical (unpaired) electrons. The number of guanidine groups is 1. The second kappa shape index (κ2) is 9.94. The van der Waals surface area contributed by atoms with Crippen LogP contribution in [0, 0.1) is 5.41 Å². The largest absolute Gasteiger partial charge is 0.357 e. The van der Waals surface area contributed by atoms with E-state index in [9.17, 15) is 4.79 Å². The molecule has 0 aromatic heterocycles. The molecule has 0 spiro atoms. The Balaban J connectivity index is 1.61. The molecule has 2 aliphatic rings. The highest BCUT2D eigenvalue weighted by atomic mass is 16.2. The lowest BCUT2D eigenvalue weighted by Crippen LogP contribution is -2.46. The van der Waals surface area contributed by atoms with E-state index in [1.165, 1.54) is 32.1 Å². The van der Waals surface area contributed by atoms with E-state index in [0.717, 1.165) is 56.1 Å². The van der Waals surface area contributed by atoms with Crippen molar-refractivity contribution in [2.45, 2.75) is 65.3 Å². The fourth-order valence-corrected chi connectivity index (χ4v) is 4.20. The zero-order valence-corrected chi connectivity index (χ0v) is 17.6. The second-order valence-electron chi connectivity index (χ2n) is 8.31. The van der Waals surface area contributed by atoms with Crippen molar-refractivity contribution in [3.8, 4) is 0 Å². The maximum absolute atomic E-state index is 12.7. The molecule has 1 aliphatic carbocycles. The van der Waals surface area contributed by atoms with Crippen LogP contribution in [0.4, 0.5) is 0 Å². The Morgan fingerprint density at radius 2 is 1.89 bits per heavy atom. The number of hydrogen-bond acceptors (Lipinski definition) is 2. The molecule has 1 amide bonds. The quantitative estimate of drug-likeness (QED) is 0.553. The zero-order chi connectivity index (χ0) is 19.8. The third kappa shape index (κ3) is 5.27. The van der Waals surface area contributed by atoms with Gasteiger partial charge in [0.2, 0.25) is 0 Å². The van der Waals surface area contributed by atoms with Gasteiger partial charge < -0.3 is 15.5 Å². The summed E-state index contributed by atoms with van der Waals surface area (Å²) in [6.45, 7) is 8.56. The molecule has 0 bridgehead atoms. The Morgan fingerprint density at radius 3 is 2.54 bits per heavy atom. The lowest BCUT2D eigenvalue weighted by atomic mass is 9.67. The summed E-state index contributed by atoms with van der Waals surface area (Å²) in [4.78, 5) is 19.5. The number of amides is 1. The SMILES string of the molecule is CCNC(=NCc1cccc(C(=O)N2CCCCC2)c1)NCC1(CC)CCC1. The highest BCUT2D eigenvalue weighted by Gasteiger charge is 2.34. The summed E-state index contributed by atoms with van der Waals surface area (Å²) in [6.07, 6.45) is 8.67. The molecule has 0 unspecified atom stereocenters. The molecule has 0 atom stereocenters. The van der Waals surface area contributed by atoms with Crippen LogP contribution in [0.5, 0.6) is 0 Å². The van der Waals surface area contributed by atoms with Gasteiger partial charge in [-0.2, -0.15) is 0 Å². The van der Waals surface area contributed by atoms with Gasteiger partial charge in [-0.25, -0.2) is 4.99 Å². The molecule has 1 aromatic carbocycles. The lowest BCUT2D eigenvalue weighted by molar-refractivity contribution is 0.0724. The third-order valence-corrected chi connectivity index (χ3v) is 6.38. The number of aliphatic imine (C=N–C) groups is 1. The number of carbonyl (C=O) groups is 1. The molecule has 2 N–H and O–H groups in total. The number of carbonyl (C=O) groups excluding carboxylic acids is 1. The second-order valence-corrected chi connectivity index (χ2v) is 8.31. The number of piperidine rings is 1. The van der Waals surface area contributed by atoms with Gasteiger partial charge in [0.25, 0.3) is 5.91 Å². The molecule has 28 heavy (non-hydrogen) atoms. The maximum atomic E-state index is 12.7. The number of rotatable bonds is 7. The molecule has 1 heterocycles. The number of nitrogens with one attached hydrogen (secondary N) is 2. The van der Waals surface area contributed by atoms with Crippen LogP contribution in [-0.4, -0.2) is 42.9 Å². The van der Waals surface area contributed by atoms with Gasteiger partial charge in [-0.3, -0.25) is 4.79 Å². The predicted octanol–water partition coefficient (Wildman–Crippen LogP) is 3.95. The molecule has 2 fully saturated rings. The Morgan fingerprint density at radius 1 is 1.11 bits per heavy atom. The van der Waals surface area contributed by atoms with Gasteiger partial charge in [0.05, 0.1) is 6.54 Å². The molecule has 3 rings (SSSR count). The van der Waals surface area contributed by atoms with Gasteiger partial charge in [-0.1, -0.05) is 25.5 Å². The first kappa shape index (κ1) is 20.7. The van der Waals surface area contributed by atoms with E-state index >= 15 is 0 Å². The fourth-order valence-electron chi connectivity index (χ4n) is 4.20. The van der Waals surface area contributed by atoms with E-state index < -0.39 is 0 Å². The summed E-state index contributed by atoms with van der Waals surface area (Å²) in [6, 6.07) is 7.96. The predicted molar refractivity (Wildman–Crippen MR) is 116 cm³/mol. The number of benzene rings is 1. The van der Waals surface area contributed by atoms with E-state index in [4.69, 9.17) is 4.99 Å². The van der Waals surface area contributed by atoms with Crippen molar-refractivity contribution < 1.29 is 4.79 Å². The molecule has 1 aromatic rings. The average Bonchev–Trinajstić information content (AvgIpc) is 2.71. The van der Waals surface area contributed by atoms with E-state index in [1.54, 1.807) is 0 Å². The molecular weight excluding hydrogens is 348 g/mol. The van der Waals surface area contributed by atoms with E-state index in [0.29, 0.717) is 12.0 Å². The minimum absolute atomic E-state index is 0.158. The van der Waals surface area contributed by atoms with Gasteiger partial charge in [0, 0.05) is 31.7 Å². The van der Waals surface area contributed by atoms with Crippen molar-refractivity contribution in [1.82, 2.24) is 15.5 Å². The molecule has 5 heteroatoms. The Kier molecular flexibility index (Phi) is 7.35. The Labute approximate surface area is 170 Å². The third-order valence-electron chi connectivity index (χ3n) is 6.38. The van der Waals surface area contributed by atoms with Crippen molar-refractivity contribution in [2.24, 2.45) is 10.4 Å². The summed E-state index contributed by atoms with van der Waals surface area (Å²) >= 11 is 0. The molecule has 1 saturated heterocycles. The monoisotopic (exact) mass is 384 g/mol. The number of hydrogen-bond donors (Lipinski definition) is 2. The van der Waals surface area contributed by atoms with Crippen LogP contribution in [-0.2, 0) is 6.54 Å². The topological polar surface area (TPSA) is 56.7 Å². The van der Waals surface area contributed by atoms with Crippen molar-refractivity contribution in [3.05, 3.63) is 35.4 Å². The molecule has 5 nitrogen and oxygen atoms in total. The van der Waals surface area contributed by atoms with Gasteiger partial charge in [0.1, 0.15) is 0 Å². The highest BCUT2D eigenvalue weighted by molar-refractivity contribution is 5.94. The summed E-state index contributed by atoms with van der Waals surface area (Å²) in [5.74, 6) is 1.03. The van der Waals surface area contributed by atoms with Crippen LogP contribution >= 0.6 is 0 Å². The van der Waals surface area contributed by atoms with Crippen molar-refractivity contribution in [2.75, 3.05) is 26.2 Å². The summed E-state index contributed by atoms with van der Waals surface area (Å²) in [5, 5.41) is 6.89. The molecular formula is C23H36N4O. The van der Waals surface area contributed by atoms with Crippen molar-refractivity contribution in [3.63, 3.8) is 0 Å². The average molecular weight is 385 g/mol. The van der Waals surface area contributed by atoms with Crippen LogP contribution in [0.1, 0.15) is 74.7 Å². The van der Waals surface area contributed by atoms with Gasteiger partial charge in [-0.15, -0.1) is 0 Å². The first-order valence-corrected chi connectivity index (χ1v) is 11.1. The van der Waals surface area contributed by atoms with Crippen LogP contribution < -0.4 is 10.6 Å². The number of likely N-dealkylation sites (tertiary alicyclic amines) is 1. The fraction of sp³-hybridized carbons (Fsp3) is 0.652. The van der Waals surface area contributed by atoms with E-state index in [2.05, 4.69) is 30.5 Å². The zero-order valence-electron chi connectivity index (χ0n) is 17.6. The molecule has 154 valence electrons. The Hall–Kier alpha value is -2.04. The minimum Gasteiger partial charge on any atom is -0.357 e. The van der Waals surface area contributed by atoms with Gasteiger partial charge in [0.15, 0.2) is 5.96 Å². The van der Waals surface area contributed by atoms with E-state index in [-0.39, 0.29) is 5.91 Å². The van der Waals surface area contributed by atoms with E-state index in [1.807, 2.05) is 23.1 Å². The highest BCUT2D eigenvalue weighted by Crippen LogP contribution is 2.42. The summed E-state index contributed by atoms with van der Waals surface area (Å²) in [5.41, 5.74) is 2.32. The first-order valence-electron chi connectivity index (χ1n) is 11.1. The van der Waals surface area contributed by atoms with Crippen LogP contribution in [0.3, 0.4) is 0 Å². The van der Waals surface area contributed by atoms with Crippen molar-refractivity contribution in [1.29, 1.82) is 0 Å². The maximum Gasteiger partial charge on any atom is 0.253 e. The molecule has 1 saturated carbocycles. The lowest BCUT2D eigenvalue weighted by Gasteiger charge is -2.41.